The van der Waals surface area contributed by atoms with Gasteiger partial charge in [0.25, 0.3) is 5.91 Å². The van der Waals surface area contributed by atoms with Crippen LogP contribution >= 0.6 is 15.9 Å². The number of anilines is 1. The van der Waals surface area contributed by atoms with Gasteiger partial charge in [-0.3, -0.25) is 24.3 Å². The Morgan fingerprint density at radius 2 is 1.76 bits per heavy atom. The molecule has 7 heteroatoms. The predicted octanol–water partition coefficient (Wildman–Crippen LogP) is 4.02. The first-order valence-corrected chi connectivity index (χ1v) is 10.9. The zero-order valence-corrected chi connectivity index (χ0v) is 17.5. The van der Waals surface area contributed by atoms with Crippen molar-refractivity contribution in [3.05, 3.63) is 58.8 Å². The average molecular weight is 456 g/mol. The number of amides is 2. The molecular weight excluding hydrogens is 434 g/mol. The molecule has 2 saturated heterocycles. The van der Waals surface area contributed by atoms with E-state index in [0.717, 1.165) is 41.4 Å². The predicted molar refractivity (Wildman–Crippen MR) is 111 cm³/mol. The monoisotopic (exact) mass is 455 g/mol. The summed E-state index contributed by atoms with van der Waals surface area (Å²) in [6, 6.07) is 11.1. The Morgan fingerprint density at radius 3 is 2.45 bits per heavy atom. The number of pyridine rings is 1. The van der Waals surface area contributed by atoms with Gasteiger partial charge >= 0.3 is 0 Å². The maximum Gasteiger partial charge on any atom is 0.262 e. The average Bonchev–Trinajstić information content (AvgIpc) is 3.26. The van der Waals surface area contributed by atoms with Crippen LogP contribution in [0.15, 0.2) is 53.3 Å². The SMILES string of the molecule is O=C1[C@@H]2[C@@H](c3cccnc3)N(c3ccc(Br)cc3)O[C@H]2C(=O)N1C1CCCCC1. The van der Waals surface area contributed by atoms with Crippen LogP contribution in [0.1, 0.15) is 43.7 Å². The van der Waals surface area contributed by atoms with Gasteiger partial charge < -0.3 is 0 Å². The van der Waals surface area contributed by atoms with Crippen LogP contribution in [0.2, 0.25) is 0 Å². The molecule has 6 nitrogen and oxygen atoms in total. The Hall–Kier alpha value is -2.25. The van der Waals surface area contributed by atoms with Crippen LogP contribution in [0.5, 0.6) is 0 Å². The van der Waals surface area contributed by atoms with E-state index < -0.39 is 12.0 Å². The summed E-state index contributed by atoms with van der Waals surface area (Å²) in [4.78, 5) is 38.6. The van der Waals surface area contributed by atoms with Crippen LogP contribution in [0, 0.1) is 5.92 Å². The summed E-state index contributed by atoms with van der Waals surface area (Å²) in [5.41, 5.74) is 1.68. The number of hydrogen-bond donors (Lipinski definition) is 0. The van der Waals surface area contributed by atoms with Gasteiger partial charge in [0.1, 0.15) is 5.92 Å². The van der Waals surface area contributed by atoms with Gasteiger partial charge in [-0.2, -0.15) is 0 Å². The van der Waals surface area contributed by atoms with Crippen molar-refractivity contribution in [2.24, 2.45) is 5.92 Å². The van der Waals surface area contributed by atoms with Crippen LogP contribution in [0.25, 0.3) is 0 Å². The van der Waals surface area contributed by atoms with Gasteiger partial charge in [0.15, 0.2) is 6.10 Å². The Balaban J connectivity index is 1.53. The number of hydroxylamine groups is 1. The fraction of sp³-hybridized carbons (Fsp3) is 0.409. The molecule has 1 aromatic carbocycles. The highest BCUT2D eigenvalue weighted by Crippen LogP contribution is 2.47. The van der Waals surface area contributed by atoms with E-state index in [1.165, 1.54) is 11.3 Å². The molecule has 3 heterocycles. The van der Waals surface area contributed by atoms with Crippen molar-refractivity contribution in [1.29, 1.82) is 0 Å². The summed E-state index contributed by atoms with van der Waals surface area (Å²) >= 11 is 3.45. The van der Waals surface area contributed by atoms with Crippen LogP contribution < -0.4 is 5.06 Å². The fourth-order valence-corrected chi connectivity index (χ4v) is 5.10. The number of imide groups is 1. The second kappa shape index (κ2) is 7.54. The molecule has 0 radical (unpaired) electrons. The van der Waals surface area contributed by atoms with Crippen LogP contribution in [0.3, 0.4) is 0 Å². The van der Waals surface area contributed by atoms with E-state index in [4.69, 9.17) is 4.84 Å². The number of hydrogen-bond acceptors (Lipinski definition) is 5. The minimum atomic E-state index is -0.779. The minimum absolute atomic E-state index is 0.00799. The summed E-state index contributed by atoms with van der Waals surface area (Å²) in [5, 5.41) is 1.72. The van der Waals surface area contributed by atoms with Crippen molar-refractivity contribution in [1.82, 2.24) is 9.88 Å². The first-order chi connectivity index (χ1) is 14.1. The highest BCUT2D eigenvalue weighted by atomic mass is 79.9. The second-order valence-corrected chi connectivity index (χ2v) is 8.84. The third kappa shape index (κ3) is 3.16. The van der Waals surface area contributed by atoms with E-state index in [1.54, 1.807) is 17.5 Å². The van der Waals surface area contributed by atoms with Gasteiger partial charge in [-0.25, -0.2) is 5.06 Å². The number of aromatic nitrogens is 1. The second-order valence-electron chi connectivity index (χ2n) is 7.92. The van der Waals surface area contributed by atoms with Crippen molar-refractivity contribution < 1.29 is 14.4 Å². The lowest BCUT2D eigenvalue weighted by Gasteiger charge is -2.33. The summed E-state index contributed by atoms with van der Waals surface area (Å²) in [6.45, 7) is 0. The van der Waals surface area contributed by atoms with Crippen LogP contribution in [0.4, 0.5) is 5.69 Å². The molecule has 1 aromatic heterocycles. The number of carbonyl (C=O) groups is 2. The molecule has 3 fully saturated rings. The number of likely N-dealkylation sites (tertiary alicyclic amines) is 1. The lowest BCUT2D eigenvalue weighted by molar-refractivity contribution is -0.146. The molecule has 150 valence electrons. The molecule has 29 heavy (non-hydrogen) atoms. The molecule has 2 aromatic rings. The summed E-state index contributed by atoms with van der Waals surface area (Å²) < 4.78 is 0.953. The molecular formula is C22H22BrN3O3. The number of nitrogens with zero attached hydrogens (tertiary/aromatic N) is 3. The maximum absolute atomic E-state index is 13.5. The van der Waals surface area contributed by atoms with E-state index >= 15 is 0 Å². The van der Waals surface area contributed by atoms with Gasteiger partial charge in [0, 0.05) is 22.9 Å². The van der Waals surface area contributed by atoms with E-state index in [1.807, 2.05) is 36.4 Å². The topological polar surface area (TPSA) is 62.7 Å². The van der Waals surface area contributed by atoms with Crippen molar-refractivity contribution in [2.75, 3.05) is 5.06 Å². The van der Waals surface area contributed by atoms with Gasteiger partial charge in [-0.05, 0) is 48.7 Å². The Morgan fingerprint density at radius 1 is 1.00 bits per heavy atom. The molecule has 3 atom stereocenters. The molecule has 5 rings (SSSR count). The lowest BCUT2D eigenvalue weighted by Crippen LogP contribution is -2.44. The number of fused-ring (bicyclic) bond motifs is 1. The van der Waals surface area contributed by atoms with E-state index in [0.29, 0.717) is 0 Å². The lowest BCUT2D eigenvalue weighted by atomic mass is 9.91. The Labute approximate surface area is 177 Å². The van der Waals surface area contributed by atoms with Gasteiger partial charge in [-0.1, -0.05) is 41.3 Å². The smallest absolute Gasteiger partial charge is 0.262 e. The minimum Gasteiger partial charge on any atom is -0.277 e. The standard InChI is InChI=1S/C22H22BrN3O3/c23-15-8-10-17(11-9-15)26-19(14-5-4-12-24-13-14)18-20(29-26)22(28)25(21(18)27)16-6-2-1-3-7-16/h4-5,8-13,16,18-20H,1-3,6-7H2/t18-,19-,20-/m1/s1. The van der Waals surface area contributed by atoms with Gasteiger partial charge in [0.05, 0.1) is 11.7 Å². The molecule has 0 spiro atoms. The molecule has 1 saturated carbocycles. The molecule has 0 N–H and O–H groups in total. The van der Waals surface area contributed by atoms with Gasteiger partial charge in [-0.15, -0.1) is 0 Å². The van der Waals surface area contributed by atoms with Crippen LogP contribution in [-0.4, -0.2) is 33.8 Å². The summed E-state index contributed by atoms with van der Waals surface area (Å²) in [7, 11) is 0. The first kappa shape index (κ1) is 18.8. The van der Waals surface area contributed by atoms with Crippen molar-refractivity contribution in [3.63, 3.8) is 0 Å². The van der Waals surface area contributed by atoms with Crippen LogP contribution in [-0.2, 0) is 14.4 Å². The van der Waals surface area contributed by atoms with E-state index in [9.17, 15) is 9.59 Å². The molecule has 1 aliphatic carbocycles. The summed E-state index contributed by atoms with van der Waals surface area (Å²) in [5.74, 6) is -0.863. The summed E-state index contributed by atoms with van der Waals surface area (Å²) in [6.07, 6.45) is 7.77. The third-order valence-electron chi connectivity index (χ3n) is 6.20. The largest absolute Gasteiger partial charge is 0.277 e. The van der Waals surface area contributed by atoms with Gasteiger partial charge in [0.2, 0.25) is 5.91 Å². The molecule has 3 aliphatic rings. The van der Waals surface area contributed by atoms with Crippen molar-refractivity contribution >= 4 is 33.4 Å². The highest BCUT2D eigenvalue weighted by molar-refractivity contribution is 9.10. The Kier molecular flexibility index (Phi) is 4.87. The fourth-order valence-electron chi connectivity index (χ4n) is 4.84. The van der Waals surface area contributed by atoms with E-state index in [2.05, 4.69) is 20.9 Å². The number of carbonyl (C=O) groups excluding carboxylic acids is 2. The molecule has 2 amide bonds. The Bertz CT molecular complexity index is 915. The third-order valence-corrected chi connectivity index (χ3v) is 6.73. The quantitative estimate of drug-likeness (QED) is 0.653. The number of halogens is 1. The first-order valence-electron chi connectivity index (χ1n) is 10.1. The normalized spacial score (nSPS) is 27.6. The zero-order valence-electron chi connectivity index (χ0n) is 15.9. The molecule has 0 unspecified atom stereocenters. The van der Waals surface area contributed by atoms with Crippen molar-refractivity contribution in [3.8, 4) is 0 Å². The molecule has 2 aliphatic heterocycles. The molecule has 0 bridgehead atoms. The highest BCUT2D eigenvalue weighted by Gasteiger charge is 2.61. The number of benzene rings is 1. The number of rotatable bonds is 3. The maximum atomic E-state index is 13.5. The van der Waals surface area contributed by atoms with E-state index in [-0.39, 0.29) is 23.9 Å². The zero-order chi connectivity index (χ0) is 20.0. The van der Waals surface area contributed by atoms with Crippen molar-refractivity contribution in [2.45, 2.75) is 50.3 Å².